The van der Waals surface area contributed by atoms with Crippen molar-refractivity contribution in [2.24, 2.45) is 16.6 Å². The van der Waals surface area contributed by atoms with Crippen LogP contribution < -0.4 is 5.73 Å². The lowest BCUT2D eigenvalue weighted by Crippen LogP contribution is -2.45. The third-order valence-electron chi connectivity index (χ3n) is 6.96. The van der Waals surface area contributed by atoms with Gasteiger partial charge in [-0.25, -0.2) is 13.2 Å². The van der Waals surface area contributed by atoms with Gasteiger partial charge in [0.2, 0.25) is 5.91 Å². The molecule has 0 radical (unpaired) electrons. The Morgan fingerprint density at radius 1 is 1.37 bits per heavy atom. The van der Waals surface area contributed by atoms with Crippen LogP contribution in [0.5, 0.6) is 0 Å². The van der Waals surface area contributed by atoms with E-state index < -0.39 is 28.1 Å². The van der Waals surface area contributed by atoms with E-state index in [2.05, 4.69) is 9.98 Å². The number of nitriles is 1. The smallest absolute Gasteiger partial charge is 0.239 e. The van der Waals surface area contributed by atoms with E-state index in [0.29, 0.717) is 30.5 Å². The second kappa shape index (κ2) is 8.41. The van der Waals surface area contributed by atoms with Gasteiger partial charge in [-0.1, -0.05) is 17.8 Å². The van der Waals surface area contributed by atoms with E-state index in [9.17, 15) is 13.6 Å². The van der Waals surface area contributed by atoms with Gasteiger partial charge in [-0.15, -0.1) is 0 Å². The number of amidine groups is 1. The maximum Gasteiger partial charge on any atom is 0.239 e. The van der Waals surface area contributed by atoms with E-state index in [1.54, 1.807) is 6.92 Å². The molecular formula is C25H22F3N5OS. The van der Waals surface area contributed by atoms with Crippen LogP contribution in [0.25, 0.3) is 11.9 Å². The Hall–Kier alpha value is -3.32. The quantitative estimate of drug-likeness (QED) is 0.684. The van der Waals surface area contributed by atoms with Gasteiger partial charge in [-0.05, 0) is 55.7 Å². The van der Waals surface area contributed by atoms with Crippen LogP contribution in [0.3, 0.4) is 0 Å². The molecule has 6 nitrogen and oxygen atoms in total. The fourth-order valence-corrected chi connectivity index (χ4v) is 6.51. The van der Waals surface area contributed by atoms with Gasteiger partial charge in [0.15, 0.2) is 5.17 Å². The highest BCUT2D eigenvalue weighted by Gasteiger charge is 2.71. The molecule has 2 N–H and O–H groups in total. The van der Waals surface area contributed by atoms with Crippen molar-refractivity contribution in [2.75, 3.05) is 13.1 Å². The van der Waals surface area contributed by atoms with Crippen LogP contribution in [0.1, 0.15) is 42.1 Å². The molecule has 5 rings (SSSR count). The number of carbonyl (C=O) groups is 1. The molecule has 1 aromatic carbocycles. The van der Waals surface area contributed by atoms with Gasteiger partial charge in [-0.3, -0.25) is 14.8 Å². The minimum atomic E-state index is -1.14. The summed E-state index contributed by atoms with van der Waals surface area (Å²) in [7, 11) is 0. The first kappa shape index (κ1) is 23.4. The zero-order valence-electron chi connectivity index (χ0n) is 18.8. The number of aliphatic imine (C=N–C) groups is 1. The maximum absolute atomic E-state index is 15.1. The van der Waals surface area contributed by atoms with Crippen LogP contribution in [0.2, 0.25) is 0 Å². The van der Waals surface area contributed by atoms with Gasteiger partial charge in [0.25, 0.3) is 0 Å². The van der Waals surface area contributed by atoms with Crippen LogP contribution >= 0.6 is 11.8 Å². The second-order valence-corrected chi connectivity index (χ2v) is 10.6. The third-order valence-corrected chi connectivity index (χ3v) is 8.25. The molecule has 1 aromatic heterocycles. The molecular weight excluding hydrogens is 475 g/mol. The molecule has 1 saturated carbocycles. The van der Waals surface area contributed by atoms with E-state index in [4.69, 9.17) is 11.0 Å². The number of hydrogen-bond donors (Lipinski definition) is 1. The van der Waals surface area contributed by atoms with Crippen LogP contribution in [0, 0.1) is 23.1 Å². The van der Waals surface area contributed by atoms with Crippen LogP contribution in [-0.4, -0.2) is 45.0 Å². The molecule has 3 aliphatic rings. The molecule has 4 atom stereocenters. The molecule has 0 bridgehead atoms. The lowest BCUT2D eigenvalue weighted by atomic mass is 9.84. The molecule has 1 saturated heterocycles. The highest BCUT2D eigenvalue weighted by Crippen LogP contribution is 2.66. The average molecular weight is 498 g/mol. The molecule has 3 heterocycles. The Balaban J connectivity index is 1.47. The van der Waals surface area contributed by atoms with Crippen LogP contribution in [-0.2, 0) is 10.3 Å². The topological polar surface area (TPSA) is 95.4 Å². The van der Waals surface area contributed by atoms with E-state index in [1.807, 2.05) is 6.07 Å². The first-order valence-electron chi connectivity index (χ1n) is 11.2. The monoisotopic (exact) mass is 497 g/mol. The molecule has 180 valence electrons. The van der Waals surface area contributed by atoms with Crippen molar-refractivity contribution in [3.8, 4) is 6.07 Å². The Morgan fingerprint density at radius 2 is 2.17 bits per heavy atom. The minimum Gasteiger partial charge on any atom is -0.378 e. The number of hydrogen-bond acceptors (Lipinski definition) is 6. The first-order valence-corrected chi connectivity index (χ1v) is 12.0. The van der Waals surface area contributed by atoms with Gasteiger partial charge in [-0.2, -0.15) is 5.26 Å². The molecule has 1 amide bonds. The van der Waals surface area contributed by atoms with Gasteiger partial charge in [0.05, 0.1) is 23.3 Å². The molecule has 10 heteroatoms. The molecule has 1 unspecified atom stereocenters. The number of rotatable bonds is 4. The summed E-state index contributed by atoms with van der Waals surface area (Å²) in [4.78, 5) is 23.3. The number of aromatic nitrogens is 1. The molecule has 35 heavy (non-hydrogen) atoms. The van der Waals surface area contributed by atoms with Crippen molar-refractivity contribution in [3.05, 3.63) is 64.7 Å². The third kappa shape index (κ3) is 3.97. The summed E-state index contributed by atoms with van der Waals surface area (Å²) in [6, 6.07) is 8.95. The van der Waals surface area contributed by atoms with E-state index in [1.165, 1.54) is 59.3 Å². The number of alkyl halides is 1. The Labute approximate surface area is 204 Å². The number of amides is 1. The second-order valence-electron chi connectivity index (χ2n) is 9.26. The van der Waals surface area contributed by atoms with Crippen molar-refractivity contribution in [1.82, 2.24) is 9.88 Å². The minimum absolute atomic E-state index is 0.0426. The van der Waals surface area contributed by atoms with Crippen molar-refractivity contribution < 1.29 is 18.0 Å². The predicted molar refractivity (Wildman–Crippen MR) is 128 cm³/mol. The summed E-state index contributed by atoms with van der Waals surface area (Å²) in [6.07, 6.45) is 2.20. The number of carbonyl (C=O) groups excluding carboxylic acids is 1. The van der Waals surface area contributed by atoms with E-state index in [0.717, 1.165) is 0 Å². The number of nitrogens with zero attached hydrogens (tertiary/aromatic N) is 4. The number of halogens is 3. The highest BCUT2D eigenvalue weighted by molar-refractivity contribution is 8.15. The number of likely N-dealkylation sites (tertiary alicyclic amines) is 1. The number of fused-ring (bicyclic) bond motifs is 1. The van der Waals surface area contributed by atoms with Crippen molar-refractivity contribution in [3.63, 3.8) is 0 Å². The Morgan fingerprint density at radius 3 is 2.83 bits per heavy atom. The summed E-state index contributed by atoms with van der Waals surface area (Å²) in [5.41, 5.74) is 5.93. The predicted octanol–water partition coefficient (Wildman–Crippen LogP) is 4.17. The van der Waals surface area contributed by atoms with Crippen molar-refractivity contribution in [2.45, 2.75) is 36.2 Å². The number of thioether (sulfide) groups is 1. The lowest BCUT2D eigenvalue weighted by molar-refractivity contribution is -0.131. The SMILES string of the molecule is C[C@]1(c2cc(/C=C(\F)c3ccc(C#N)cn3)ccc2F)N=C(N)S[C@@]2(C(=O)N3CCC(F)C3)C[C@H]21. The first-order chi connectivity index (χ1) is 16.7. The standard InChI is InChI=1S/C25H22F3N5OS/c1-24(21-10-25(21,35-23(30)32-24)22(34)33-7-6-16(26)13-33)17-8-14(2-4-18(17)27)9-19(28)20-5-3-15(11-29)12-31-20/h2-5,8-9,12,16,21H,6-7,10,13H2,1H3,(H2,30,32)/b19-9-/t16?,21-,24+,25-/m0/s1. The summed E-state index contributed by atoms with van der Waals surface area (Å²) in [5.74, 6) is -1.71. The highest BCUT2D eigenvalue weighted by atomic mass is 32.2. The molecule has 2 fully saturated rings. The molecule has 0 spiro atoms. The summed E-state index contributed by atoms with van der Waals surface area (Å²) < 4.78 is 42.8. The Kier molecular flexibility index (Phi) is 5.63. The average Bonchev–Trinajstić information content (AvgIpc) is 3.44. The van der Waals surface area contributed by atoms with Gasteiger partial charge < -0.3 is 10.6 Å². The van der Waals surface area contributed by atoms with E-state index >= 15 is 4.39 Å². The molecule has 2 aliphatic heterocycles. The number of nitrogens with two attached hydrogens (primary N) is 1. The molecule has 2 aromatic rings. The summed E-state index contributed by atoms with van der Waals surface area (Å²) >= 11 is 1.17. The Bertz CT molecular complexity index is 1310. The molecule has 1 aliphatic carbocycles. The van der Waals surface area contributed by atoms with Gasteiger partial charge in [0, 0.05) is 24.2 Å². The van der Waals surface area contributed by atoms with Crippen molar-refractivity contribution in [1.29, 1.82) is 5.26 Å². The lowest BCUT2D eigenvalue weighted by Gasteiger charge is -2.35. The summed E-state index contributed by atoms with van der Waals surface area (Å²) in [5, 5.41) is 9.05. The van der Waals surface area contributed by atoms with Crippen LogP contribution in [0.15, 0.2) is 41.5 Å². The number of benzene rings is 1. The number of pyridine rings is 1. The largest absolute Gasteiger partial charge is 0.378 e. The van der Waals surface area contributed by atoms with Gasteiger partial charge >= 0.3 is 0 Å². The maximum atomic E-state index is 15.1. The van der Waals surface area contributed by atoms with E-state index in [-0.39, 0.29) is 34.8 Å². The van der Waals surface area contributed by atoms with Crippen molar-refractivity contribution >= 4 is 34.7 Å². The van der Waals surface area contributed by atoms with Gasteiger partial charge in [0.1, 0.15) is 28.6 Å². The zero-order chi connectivity index (χ0) is 25.0. The zero-order valence-corrected chi connectivity index (χ0v) is 19.7. The normalized spacial score (nSPS) is 29.9. The fraction of sp³-hybridized carbons (Fsp3) is 0.360. The summed E-state index contributed by atoms with van der Waals surface area (Å²) in [6.45, 7) is 2.13. The fourth-order valence-electron chi connectivity index (χ4n) is 5.07. The van der Waals surface area contributed by atoms with Crippen LogP contribution in [0.4, 0.5) is 13.2 Å².